The molecule has 0 aliphatic carbocycles. The predicted molar refractivity (Wildman–Crippen MR) is 95.7 cm³/mol. The van der Waals surface area contributed by atoms with Crippen LogP contribution in [0.1, 0.15) is 44.7 Å². The van der Waals surface area contributed by atoms with E-state index in [-0.39, 0.29) is 0 Å². The molecule has 1 aromatic rings. The first-order valence-electron chi connectivity index (χ1n) is 7.96. The summed E-state index contributed by atoms with van der Waals surface area (Å²) in [5.41, 5.74) is 2.06. The van der Waals surface area contributed by atoms with Gasteiger partial charge in [-0.15, -0.1) is 11.8 Å². The van der Waals surface area contributed by atoms with Gasteiger partial charge in [-0.05, 0) is 38.0 Å². The number of hydrogen-bond donors (Lipinski definition) is 0. The highest BCUT2D eigenvalue weighted by atomic mass is 32.2. The standard InChI is InChI=1S/C15H16F3NS.C3H6O2/c1-3-4-13-10(2)20-9-14(19-13)11-5-7-12(8-6-11)15(16,17)18;1-2-5-3-4/h5-8H,3-4,9H2,1-2H3;3H,2H2,1H3. The zero-order valence-electron chi connectivity index (χ0n) is 14.5. The van der Waals surface area contributed by atoms with Gasteiger partial charge < -0.3 is 4.74 Å². The van der Waals surface area contributed by atoms with Crippen LogP contribution < -0.4 is 0 Å². The number of benzene rings is 1. The van der Waals surface area contributed by atoms with E-state index in [4.69, 9.17) is 0 Å². The average molecular weight is 373 g/mol. The second-order valence-corrected chi connectivity index (χ2v) is 6.42. The van der Waals surface area contributed by atoms with E-state index in [0.29, 0.717) is 18.8 Å². The summed E-state index contributed by atoms with van der Waals surface area (Å²) in [5, 5.41) is 0. The third-order valence-corrected chi connectivity index (χ3v) is 4.46. The van der Waals surface area contributed by atoms with E-state index in [9.17, 15) is 18.0 Å². The van der Waals surface area contributed by atoms with E-state index in [0.717, 1.165) is 41.9 Å². The van der Waals surface area contributed by atoms with Crippen LogP contribution in [0.3, 0.4) is 0 Å². The molecule has 0 fully saturated rings. The summed E-state index contributed by atoms with van der Waals surface area (Å²) >= 11 is 1.71. The predicted octanol–water partition coefficient (Wildman–Crippen LogP) is 5.45. The van der Waals surface area contributed by atoms with Gasteiger partial charge in [0.15, 0.2) is 0 Å². The molecule has 1 aliphatic heterocycles. The molecule has 3 nitrogen and oxygen atoms in total. The van der Waals surface area contributed by atoms with Gasteiger partial charge in [0.1, 0.15) is 0 Å². The number of rotatable bonds is 5. The lowest BCUT2D eigenvalue weighted by Gasteiger charge is -2.17. The Hall–Kier alpha value is -1.76. The number of nitrogens with zero attached hydrogens (tertiary/aromatic N) is 1. The number of ether oxygens (including phenoxy) is 1. The summed E-state index contributed by atoms with van der Waals surface area (Å²) in [6.07, 6.45) is -2.37. The van der Waals surface area contributed by atoms with Crippen LogP contribution in [0.2, 0.25) is 0 Å². The SMILES string of the molecule is CCCC1=C(C)SCC(c2ccc(C(F)(F)F)cc2)=N1.CCOC=O. The van der Waals surface area contributed by atoms with Crippen LogP contribution in [0.4, 0.5) is 13.2 Å². The fourth-order valence-electron chi connectivity index (χ4n) is 2.07. The second kappa shape index (κ2) is 10.3. The fraction of sp³-hybridized carbons (Fsp3) is 0.444. The van der Waals surface area contributed by atoms with Crippen LogP contribution in [-0.4, -0.2) is 24.5 Å². The summed E-state index contributed by atoms with van der Waals surface area (Å²) in [6.45, 7) is 6.80. The Labute approximate surface area is 150 Å². The molecular weight excluding hydrogens is 351 g/mol. The monoisotopic (exact) mass is 373 g/mol. The molecule has 138 valence electrons. The Morgan fingerprint density at radius 1 is 1.24 bits per heavy atom. The number of carbonyl (C=O) groups excluding carboxylic acids is 1. The Morgan fingerprint density at radius 2 is 1.88 bits per heavy atom. The highest BCUT2D eigenvalue weighted by molar-refractivity contribution is 8.03. The summed E-state index contributed by atoms with van der Waals surface area (Å²) in [4.78, 5) is 15.0. The Bertz CT molecular complexity index is 622. The number of alkyl halides is 3. The fourth-order valence-corrected chi connectivity index (χ4v) is 2.97. The van der Waals surface area contributed by atoms with Crippen molar-refractivity contribution in [1.82, 2.24) is 0 Å². The van der Waals surface area contributed by atoms with Crippen molar-refractivity contribution < 1.29 is 22.7 Å². The third kappa shape index (κ3) is 6.94. The van der Waals surface area contributed by atoms with E-state index in [1.54, 1.807) is 18.7 Å². The molecule has 0 aromatic heterocycles. The normalized spacial score (nSPS) is 14.4. The molecular formula is C18H22F3NO2S. The minimum Gasteiger partial charge on any atom is -0.468 e. The minimum absolute atomic E-state index is 0.431. The van der Waals surface area contributed by atoms with Gasteiger partial charge in [-0.2, -0.15) is 13.2 Å². The van der Waals surface area contributed by atoms with Crippen LogP contribution in [0, 0.1) is 0 Å². The summed E-state index contributed by atoms with van der Waals surface area (Å²) in [5.74, 6) is 0.713. The van der Waals surface area contributed by atoms with E-state index in [1.165, 1.54) is 17.0 Å². The number of thioether (sulfide) groups is 1. The van der Waals surface area contributed by atoms with Crippen LogP contribution in [0.25, 0.3) is 0 Å². The molecule has 0 radical (unpaired) electrons. The highest BCUT2D eigenvalue weighted by Gasteiger charge is 2.30. The van der Waals surface area contributed by atoms with E-state index < -0.39 is 11.7 Å². The molecule has 1 aliphatic rings. The zero-order chi connectivity index (χ0) is 18.9. The molecule has 1 aromatic carbocycles. The number of hydrogen-bond acceptors (Lipinski definition) is 4. The average Bonchev–Trinajstić information content (AvgIpc) is 2.58. The molecule has 0 spiro atoms. The van der Waals surface area contributed by atoms with E-state index >= 15 is 0 Å². The first-order valence-corrected chi connectivity index (χ1v) is 8.95. The topological polar surface area (TPSA) is 38.7 Å². The third-order valence-electron chi connectivity index (χ3n) is 3.37. The van der Waals surface area contributed by atoms with E-state index in [1.807, 2.05) is 6.92 Å². The lowest BCUT2D eigenvalue weighted by molar-refractivity contribution is -0.137. The van der Waals surface area contributed by atoms with Gasteiger partial charge in [0.2, 0.25) is 0 Å². The molecule has 0 unspecified atom stereocenters. The van der Waals surface area contributed by atoms with Crippen LogP contribution in [0.15, 0.2) is 39.9 Å². The van der Waals surface area contributed by atoms with Crippen LogP contribution in [-0.2, 0) is 15.7 Å². The van der Waals surface area contributed by atoms with Crippen molar-refractivity contribution in [2.75, 3.05) is 12.4 Å². The minimum atomic E-state index is -4.29. The van der Waals surface area contributed by atoms with Gasteiger partial charge >= 0.3 is 6.18 Å². The maximum absolute atomic E-state index is 12.5. The molecule has 0 atom stereocenters. The van der Waals surface area contributed by atoms with Crippen molar-refractivity contribution in [1.29, 1.82) is 0 Å². The number of halogens is 3. The lowest BCUT2D eigenvalue weighted by atomic mass is 10.1. The first-order chi connectivity index (χ1) is 11.8. The van der Waals surface area contributed by atoms with Crippen molar-refractivity contribution in [3.05, 3.63) is 46.0 Å². The van der Waals surface area contributed by atoms with Crippen molar-refractivity contribution in [3.8, 4) is 0 Å². The Balaban J connectivity index is 0.000000550. The van der Waals surface area contributed by atoms with Gasteiger partial charge in [0, 0.05) is 16.4 Å². The molecule has 0 amide bonds. The number of allylic oxidation sites excluding steroid dienone is 2. The molecule has 0 saturated heterocycles. The largest absolute Gasteiger partial charge is 0.468 e. The molecule has 2 rings (SSSR count). The van der Waals surface area contributed by atoms with Crippen molar-refractivity contribution in [2.24, 2.45) is 4.99 Å². The number of carbonyl (C=O) groups is 1. The zero-order valence-corrected chi connectivity index (χ0v) is 15.3. The Kier molecular flexibility index (Phi) is 8.75. The van der Waals surface area contributed by atoms with Gasteiger partial charge in [0.05, 0.1) is 17.9 Å². The summed E-state index contributed by atoms with van der Waals surface area (Å²) < 4.78 is 41.8. The lowest BCUT2D eigenvalue weighted by Crippen LogP contribution is -2.11. The molecule has 0 N–H and O–H groups in total. The number of aliphatic imine (C=N–C) groups is 1. The van der Waals surface area contributed by atoms with Crippen molar-refractivity contribution >= 4 is 23.9 Å². The molecule has 1 heterocycles. The van der Waals surface area contributed by atoms with Gasteiger partial charge in [0.25, 0.3) is 6.47 Å². The van der Waals surface area contributed by atoms with Gasteiger partial charge in [-0.3, -0.25) is 9.79 Å². The highest BCUT2D eigenvalue weighted by Crippen LogP contribution is 2.32. The molecule has 0 bridgehead atoms. The van der Waals surface area contributed by atoms with Crippen LogP contribution >= 0.6 is 11.8 Å². The summed E-state index contributed by atoms with van der Waals surface area (Å²) in [6, 6.07) is 5.25. The Morgan fingerprint density at radius 3 is 2.32 bits per heavy atom. The quantitative estimate of drug-likeness (QED) is 0.644. The van der Waals surface area contributed by atoms with Crippen LogP contribution in [0.5, 0.6) is 0 Å². The second-order valence-electron chi connectivity index (χ2n) is 5.23. The first kappa shape index (κ1) is 21.3. The molecule has 25 heavy (non-hydrogen) atoms. The maximum Gasteiger partial charge on any atom is 0.416 e. The maximum atomic E-state index is 12.5. The molecule has 7 heteroatoms. The van der Waals surface area contributed by atoms with Gasteiger partial charge in [-0.1, -0.05) is 25.5 Å². The summed E-state index contributed by atoms with van der Waals surface area (Å²) in [7, 11) is 0. The smallest absolute Gasteiger partial charge is 0.416 e. The van der Waals surface area contributed by atoms with E-state index in [2.05, 4.69) is 16.7 Å². The molecule has 0 saturated carbocycles. The van der Waals surface area contributed by atoms with Crippen molar-refractivity contribution in [2.45, 2.75) is 39.8 Å². The van der Waals surface area contributed by atoms with Gasteiger partial charge in [-0.25, -0.2) is 0 Å². The van der Waals surface area contributed by atoms with Crippen molar-refractivity contribution in [3.63, 3.8) is 0 Å².